The zero-order valence-corrected chi connectivity index (χ0v) is 14.5. The Labute approximate surface area is 144 Å². The predicted molar refractivity (Wildman–Crippen MR) is 98.6 cm³/mol. The largest absolute Gasteiger partial charge is 0.361 e. The second-order valence-electron chi connectivity index (χ2n) is 5.41. The number of H-pyrrole nitrogens is 1. The van der Waals surface area contributed by atoms with Gasteiger partial charge in [-0.25, -0.2) is 0 Å². The Kier molecular flexibility index (Phi) is 4.64. The summed E-state index contributed by atoms with van der Waals surface area (Å²) in [6.45, 7) is 1.99. The van der Waals surface area contributed by atoms with Gasteiger partial charge in [-0.05, 0) is 54.6 Å². The maximum Gasteiger partial charge on any atom is 0.228 e. The molecule has 1 heterocycles. The molecule has 2 N–H and O–H groups in total. The molecule has 0 fully saturated rings. The normalized spacial score (nSPS) is 10.9. The summed E-state index contributed by atoms with van der Waals surface area (Å²) in [5.41, 5.74) is 3.84. The van der Waals surface area contributed by atoms with Gasteiger partial charge < -0.3 is 10.3 Å². The first-order valence-corrected chi connectivity index (χ1v) is 8.87. The SMILES string of the molecule is CSc1ccc(C)c(NC(=O)Cc2c[nH]c3ccc(Cl)cc23)c1. The molecule has 0 saturated carbocycles. The smallest absolute Gasteiger partial charge is 0.228 e. The summed E-state index contributed by atoms with van der Waals surface area (Å²) < 4.78 is 0. The van der Waals surface area contributed by atoms with E-state index in [1.165, 1.54) is 0 Å². The molecule has 3 aromatic rings. The minimum Gasteiger partial charge on any atom is -0.361 e. The van der Waals surface area contributed by atoms with Crippen molar-refractivity contribution in [3.05, 3.63) is 58.7 Å². The molecule has 3 nitrogen and oxygen atoms in total. The monoisotopic (exact) mass is 344 g/mol. The van der Waals surface area contributed by atoms with Gasteiger partial charge in [-0.3, -0.25) is 4.79 Å². The second kappa shape index (κ2) is 6.69. The van der Waals surface area contributed by atoms with E-state index in [0.717, 1.165) is 32.6 Å². The molecule has 0 saturated heterocycles. The standard InChI is InChI=1S/C18H17ClN2OS/c1-11-3-5-14(23-2)9-17(11)21-18(22)7-12-10-20-16-6-4-13(19)8-15(12)16/h3-6,8-10,20H,7H2,1-2H3,(H,21,22). The van der Waals surface area contributed by atoms with Gasteiger partial charge in [0.05, 0.1) is 6.42 Å². The molecular formula is C18H17ClN2OS. The number of aromatic amines is 1. The molecule has 0 atom stereocenters. The van der Waals surface area contributed by atoms with Gasteiger partial charge in [0, 0.05) is 32.7 Å². The van der Waals surface area contributed by atoms with Gasteiger partial charge in [0.15, 0.2) is 0 Å². The molecule has 1 amide bonds. The molecule has 5 heteroatoms. The van der Waals surface area contributed by atoms with E-state index in [-0.39, 0.29) is 5.91 Å². The number of thioether (sulfide) groups is 1. The topological polar surface area (TPSA) is 44.9 Å². The zero-order valence-electron chi connectivity index (χ0n) is 12.9. The van der Waals surface area contributed by atoms with Gasteiger partial charge in [-0.15, -0.1) is 11.8 Å². The summed E-state index contributed by atoms with van der Waals surface area (Å²) in [4.78, 5) is 16.7. The zero-order chi connectivity index (χ0) is 16.4. The molecule has 1 aromatic heterocycles. The highest BCUT2D eigenvalue weighted by Crippen LogP contribution is 2.25. The Morgan fingerprint density at radius 1 is 1.26 bits per heavy atom. The molecular weight excluding hydrogens is 328 g/mol. The van der Waals surface area contributed by atoms with Crippen LogP contribution in [-0.2, 0) is 11.2 Å². The van der Waals surface area contributed by atoms with E-state index in [9.17, 15) is 4.79 Å². The average Bonchev–Trinajstić information content (AvgIpc) is 2.91. The first kappa shape index (κ1) is 16.0. The molecule has 0 aliphatic heterocycles. The number of aryl methyl sites for hydroxylation is 1. The Bertz CT molecular complexity index is 873. The second-order valence-corrected chi connectivity index (χ2v) is 6.73. The van der Waals surface area contributed by atoms with E-state index < -0.39 is 0 Å². The number of nitrogens with one attached hydrogen (secondary N) is 2. The van der Waals surface area contributed by atoms with E-state index in [0.29, 0.717) is 11.4 Å². The molecule has 0 radical (unpaired) electrons. The van der Waals surface area contributed by atoms with Gasteiger partial charge in [0.1, 0.15) is 0 Å². The number of halogens is 1. The summed E-state index contributed by atoms with van der Waals surface area (Å²) in [5.74, 6) is -0.0350. The summed E-state index contributed by atoms with van der Waals surface area (Å²) in [7, 11) is 0. The van der Waals surface area contributed by atoms with Crippen LogP contribution in [0.2, 0.25) is 5.02 Å². The summed E-state index contributed by atoms with van der Waals surface area (Å²) in [5, 5.41) is 4.66. The number of fused-ring (bicyclic) bond motifs is 1. The number of carbonyl (C=O) groups excluding carboxylic acids is 1. The summed E-state index contributed by atoms with van der Waals surface area (Å²) >= 11 is 7.71. The third kappa shape index (κ3) is 3.54. The molecule has 2 aromatic carbocycles. The lowest BCUT2D eigenvalue weighted by Gasteiger charge is -2.09. The van der Waals surface area contributed by atoms with Crippen molar-refractivity contribution in [1.29, 1.82) is 0 Å². The van der Waals surface area contributed by atoms with Crippen LogP contribution in [0.1, 0.15) is 11.1 Å². The minimum atomic E-state index is -0.0350. The van der Waals surface area contributed by atoms with Crippen LogP contribution < -0.4 is 5.32 Å². The lowest BCUT2D eigenvalue weighted by atomic mass is 10.1. The van der Waals surface area contributed by atoms with Crippen LogP contribution in [0, 0.1) is 6.92 Å². The van der Waals surface area contributed by atoms with Crippen LogP contribution >= 0.6 is 23.4 Å². The average molecular weight is 345 g/mol. The molecule has 118 valence electrons. The first-order valence-electron chi connectivity index (χ1n) is 7.27. The molecule has 0 aliphatic rings. The fourth-order valence-corrected chi connectivity index (χ4v) is 3.14. The van der Waals surface area contributed by atoms with Crippen LogP contribution in [0.4, 0.5) is 5.69 Å². The number of rotatable bonds is 4. The lowest BCUT2D eigenvalue weighted by molar-refractivity contribution is -0.115. The van der Waals surface area contributed by atoms with Gasteiger partial charge in [0.2, 0.25) is 5.91 Å². The van der Waals surface area contributed by atoms with Crippen molar-refractivity contribution in [3.8, 4) is 0 Å². The van der Waals surface area contributed by atoms with E-state index in [4.69, 9.17) is 11.6 Å². The van der Waals surface area contributed by atoms with Crippen LogP contribution in [-0.4, -0.2) is 17.1 Å². The molecule has 23 heavy (non-hydrogen) atoms. The van der Waals surface area contributed by atoms with Crippen LogP contribution in [0.25, 0.3) is 10.9 Å². The predicted octanol–water partition coefficient (Wildman–Crippen LogP) is 5.03. The molecule has 0 spiro atoms. The van der Waals surface area contributed by atoms with E-state index in [1.54, 1.807) is 11.8 Å². The Balaban J connectivity index is 1.80. The first-order chi connectivity index (χ1) is 11.1. The summed E-state index contributed by atoms with van der Waals surface area (Å²) in [6, 6.07) is 11.7. The maximum atomic E-state index is 12.4. The van der Waals surface area contributed by atoms with Crippen molar-refractivity contribution in [1.82, 2.24) is 4.98 Å². The Morgan fingerprint density at radius 3 is 2.87 bits per heavy atom. The van der Waals surface area contributed by atoms with Crippen LogP contribution in [0.5, 0.6) is 0 Å². The highest BCUT2D eigenvalue weighted by atomic mass is 35.5. The number of aromatic nitrogens is 1. The molecule has 0 aliphatic carbocycles. The van der Waals surface area contributed by atoms with Crippen molar-refractivity contribution in [3.63, 3.8) is 0 Å². The van der Waals surface area contributed by atoms with Gasteiger partial charge in [-0.1, -0.05) is 17.7 Å². The van der Waals surface area contributed by atoms with Gasteiger partial charge in [0.25, 0.3) is 0 Å². The maximum absolute atomic E-state index is 12.4. The highest BCUT2D eigenvalue weighted by Gasteiger charge is 2.11. The number of anilines is 1. The minimum absolute atomic E-state index is 0.0350. The molecule has 3 rings (SSSR count). The van der Waals surface area contributed by atoms with Crippen molar-refractivity contribution < 1.29 is 4.79 Å². The fourth-order valence-electron chi connectivity index (χ4n) is 2.53. The fraction of sp³-hybridized carbons (Fsp3) is 0.167. The lowest BCUT2D eigenvalue weighted by Crippen LogP contribution is -2.15. The van der Waals surface area contributed by atoms with Crippen LogP contribution in [0.3, 0.4) is 0 Å². The van der Waals surface area contributed by atoms with E-state index >= 15 is 0 Å². The number of carbonyl (C=O) groups is 1. The van der Waals surface area contributed by atoms with Crippen molar-refractivity contribution in [2.45, 2.75) is 18.2 Å². The number of benzene rings is 2. The third-order valence-electron chi connectivity index (χ3n) is 3.80. The van der Waals surface area contributed by atoms with Crippen molar-refractivity contribution in [2.75, 3.05) is 11.6 Å². The Hall–Kier alpha value is -1.91. The van der Waals surface area contributed by atoms with Crippen LogP contribution in [0.15, 0.2) is 47.5 Å². The Morgan fingerprint density at radius 2 is 2.09 bits per heavy atom. The number of amides is 1. The number of hydrogen-bond acceptors (Lipinski definition) is 2. The number of hydrogen-bond donors (Lipinski definition) is 2. The van der Waals surface area contributed by atoms with E-state index in [1.807, 2.05) is 49.7 Å². The highest BCUT2D eigenvalue weighted by molar-refractivity contribution is 7.98. The van der Waals surface area contributed by atoms with Crippen molar-refractivity contribution >= 4 is 45.9 Å². The third-order valence-corrected chi connectivity index (χ3v) is 4.76. The van der Waals surface area contributed by atoms with Gasteiger partial charge in [-0.2, -0.15) is 0 Å². The van der Waals surface area contributed by atoms with E-state index in [2.05, 4.69) is 16.4 Å². The quantitative estimate of drug-likeness (QED) is 0.652. The van der Waals surface area contributed by atoms with Gasteiger partial charge >= 0.3 is 0 Å². The van der Waals surface area contributed by atoms with Crippen molar-refractivity contribution in [2.24, 2.45) is 0 Å². The summed E-state index contributed by atoms with van der Waals surface area (Å²) in [6.07, 6.45) is 4.20. The molecule has 0 unspecified atom stereocenters. The molecule has 0 bridgehead atoms.